The van der Waals surface area contributed by atoms with Crippen molar-refractivity contribution in [3.8, 4) is 11.4 Å². The number of alkyl halides is 12. The van der Waals surface area contributed by atoms with Crippen molar-refractivity contribution in [1.82, 2.24) is 38.7 Å². The lowest BCUT2D eigenvalue weighted by molar-refractivity contribution is -0.138. The average Bonchev–Trinajstić information content (AvgIpc) is 4.33. The molecular weight excluding hydrogens is 1130 g/mol. The third-order valence-corrected chi connectivity index (χ3v) is 12.9. The summed E-state index contributed by atoms with van der Waals surface area (Å²) >= 11 is 6.11. The molecule has 0 spiro atoms. The molecule has 4 aromatic carbocycles. The highest BCUT2D eigenvalue weighted by molar-refractivity contribution is 6.58. The van der Waals surface area contributed by atoms with Gasteiger partial charge in [-0.3, -0.25) is 28.1 Å². The van der Waals surface area contributed by atoms with Gasteiger partial charge in [0.2, 0.25) is 5.28 Å². The summed E-state index contributed by atoms with van der Waals surface area (Å²) in [5, 5.41) is 25.7. The lowest BCUT2D eigenvalue weighted by atomic mass is 9.80. The summed E-state index contributed by atoms with van der Waals surface area (Å²) < 4.78 is 159. The van der Waals surface area contributed by atoms with Crippen LogP contribution in [-0.4, -0.2) is 67.3 Å². The van der Waals surface area contributed by atoms with Gasteiger partial charge < -0.3 is 10.0 Å². The van der Waals surface area contributed by atoms with E-state index in [0.717, 1.165) is 67.1 Å². The summed E-state index contributed by atoms with van der Waals surface area (Å²) in [6.45, 7) is 4.89. The molecule has 0 aliphatic carbocycles. The number of fused-ring (bicyclic) bond motifs is 2. The maximum absolute atomic E-state index is 13.4. The zero-order chi connectivity index (χ0) is 59.5. The Kier molecular flexibility index (Phi) is 17.6. The fraction of sp³-hybridized carbons (Fsp3) is 0.259. The molecule has 4 aromatic heterocycles. The second kappa shape index (κ2) is 24.1. The van der Waals surface area contributed by atoms with Gasteiger partial charge in [0.05, 0.1) is 70.3 Å². The van der Waals surface area contributed by atoms with Gasteiger partial charge in [0, 0.05) is 55.0 Å². The molecule has 28 heteroatoms. The zero-order valence-electron chi connectivity index (χ0n) is 42.9. The molecule has 2 N–H and O–H groups in total. The van der Waals surface area contributed by atoms with Crippen molar-refractivity contribution in [2.45, 2.75) is 90.4 Å². The van der Waals surface area contributed by atoms with E-state index in [9.17, 15) is 62.3 Å². The Bertz CT molecular complexity index is 3790. The van der Waals surface area contributed by atoms with Gasteiger partial charge in [0.15, 0.2) is 11.6 Å². The summed E-state index contributed by atoms with van der Waals surface area (Å²) in [4.78, 5) is 43.7. The van der Waals surface area contributed by atoms with Crippen LogP contribution in [0.4, 0.5) is 64.3 Å². The summed E-state index contributed by atoms with van der Waals surface area (Å²) in [5.41, 5.74) is 0.923. The Morgan fingerprint density at radius 1 is 0.537 bits per heavy atom. The van der Waals surface area contributed by atoms with Gasteiger partial charge >= 0.3 is 31.8 Å². The van der Waals surface area contributed by atoms with E-state index >= 15 is 0 Å². The van der Waals surface area contributed by atoms with Crippen molar-refractivity contribution in [3.63, 3.8) is 0 Å². The van der Waals surface area contributed by atoms with Crippen molar-refractivity contribution >= 4 is 47.2 Å². The van der Waals surface area contributed by atoms with Gasteiger partial charge in [0.25, 0.3) is 11.1 Å². The summed E-state index contributed by atoms with van der Waals surface area (Å²) in [7, 11) is -1.73. The van der Waals surface area contributed by atoms with Gasteiger partial charge in [-0.1, -0.05) is 74.5 Å². The van der Waals surface area contributed by atoms with E-state index in [0.29, 0.717) is 82.1 Å². The average molecular weight is 1170 g/mol. The van der Waals surface area contributed by atoms with E-state index in [1.807, 2.05) is 13.8 Å². The third kappa shape index (κ3) is 14.1. The first-order chi connectivity index (χ1) is 38.6. The molecule has 82 heavy (non-hydrogen) atoms. The van der Waals surface area contributed by atoms with Crippen molar-refractivity contribution in [1.29, 1.82) is 0 Å². The molecule has 428 valence electrons. The molecule has 2 aliphatic rings. The Balaban J connectivity index is 0.000000180. The molecule has 0 unspecified atom stereocenters. The summed E-state index contributed by atoms with van der Waals surface area (Å²) in [6, 6.07) is 18.2. The minimum atomic E-state index is -4.49. The van der Waals surface area contributed by atoms with Gasteiger partial charge in [-0.25, -0.2) is 15.0 Å². The summed E-state index contributed by atoms with van der Waals surface area (Å²) in [5.74, 6) is 0.709. The first-order valence-electron chi connectivity index (χ1n) is 24.8. The molecule has 0 atom stereocenters. The topological polar surface area (TPSA) is 171 Å². The first-order valence-corrected chi connectivity index (χ1v) is 25.2. The number of nitrogens with zero attached hydrogens (tertiary/aromatic N) is 10. The maximum atomic E-state index is 13.4. The molecule has 8 aromatic rings. The molecule has 0 bridgehead atoms. The van der Waals surface area contributed by atoms with Crippen LogP contribution in [0.1, 0.15) is 82.3 Å². The Morgan fingerprint density at radius 3 is 1.38 bits per heavy atom. The molecule has 6 heterocycles. The van der Waals surface area contributed by atoms with E-state index in [1.165, 1.54) is 49.0 Å². The Hall–Kier alpha value is -8.17. The number of aromatic nitrogens is 8. The van der Waals surface area contributed by atoms with Crippen LogP contribution in [0.2, 0.25) is 5.28 Å². The second-order valence-electron chi connectivity index (χ2n) is 18.6. The van der Waals surface area contributed by atoms with E-state index in [-0.39, 0.29) is 53.0 Å². The molecule has 0 fully saturated rings. The predicted molar refractivity (Wildman–Crippen MR) is 280 cm³/mol. The van der Waals surface area contributed by atoms with Crippen molar-refractivity contribution in [3.05, 3.63) is 203 Å². The van der Waals surface area contributed by atoms with Crippen molar-refractivity contribution in [2.24, 2.45) is 9.98 Å². The quantitative estimate of drug-likeness (QED) is 0.0692. The zero-order valence-corrected chi connectivity index (χ0v) is 43.6. The molecule has 0 radical (unpaired) electrons. The molecule has 2 aliphatic heterocycles. The van der Waals surface area contributed by atoms with Crippen LogP contribution in [0.15, 0.2) is 141 Å². The van der Waals surface area contributed by atoms with E-state index in [1.54, 1.807) is 30.7 Å². The van der Waals surface area contributed by atoms with Crippen LogP contribution in [0.25, 0.3) is 11.4 Å². The van der Waals surface area contributed by atoms with E-state index in [4.69, 9.17) is 21.6 Å². The number of benzene rings is 4. The normalized spacial score (nSPS) is 13.1. The first kappa shape index (κ1) is 59.9. The van der Waals surface area contributed by atoms with Crippen LogP contribution in [0, 0.1) is 0 Å². The number of rotatable bonds is 12. The van der Waals surface area contributed by atoms with Crippen LogP contribution in [-0.2, 0) is 63.7 Å². The van der Waals surface area contributed by atoms with Crippen molar-refractivity contribution < 1.29 is 62.7 Å². The molecule has 14 nitrogen and oxygen atoms in total. The minimum Gasteiger partial charge on any atom is -0.423 e. The monoisotopic (exact) mass is 1170 g/mol. The highest BCUT2D eigenvalue weighted by atomic mass is 35.5. The molecule has 10 rings (SSSR count). The smallest absolute Gasteiger partial charge is 0.423 e. The Morgan fingerprint density at radius 2 is 0.951 bits per heavy atom. The van der Waals surface area contributed by atoms with Crippen LogP contribution in [0.3, 0.4) is 0 Å². The van der Waals surface area contributed by atoms with Crippen molar-refractivity contribution in [2.75, 3.05) is 0 Å². The van der Waals surface area contributed by atoms with Gasteiger partial charge in [-0.2, -0.15) is 67.9 Å². The minimum absolute atomic E-state index is 0.0352. The number of aliphatic imine (C=N–C) groups is 2. The molecule has 0 amide bonds. The number of halogens is 13. The van der Waals surface area contributed by atoms with E-state index in [2.05, 4.69) is 30.2 Å². The SMILES string of the molecule is CCCn1c(-c2ccc(C(F)(F)F)cc2)nc2c(c1=O)CC(c1cnn(Cc3cccc(C(F)(F)F)c3)c1)=N2.CCCn1c(Cl)nc2c(c1=O)CC(c1cnn(Cc3cccc(C(F)(F)F)c3)c1)=N2.OB(O)c1ccc(C(F)(F)F)cc1. The largest absolute Gasteiger partial charge is 0.488 e. The number of hydrogen-bond acceptors (Lipinski definition) is 10. The second-order valence-corrected chi connectivity index (χ2v) is 19.0. The van der Waals surface area contributed by atoms with Gasteiger partial charge in [-0.05, 0) is 77.4 Å². The standard InChI is InChI=1S/C27H21F6N5O.C20H17ClF3N5O.C7H6BF3O2/c1-2-10-38-24(17-6-8-19(9-7-17)26(28,29)30)36-23-21(25(38)39)12-22(35-23)18-13-34-37(15-18)14-16-4-3-5-20(11-16)27(31,32)33;1-2-6-29-18(30)15-8-16(26-17(15)27-19(29)21)13-9-25-28(11-13)10-12-4-3-5-14(7-12)20(22,23)24;9-7(10,11)5-1-3-6(4-2-5)8(12)13/h3-9,11,13,15H,2,10,12,14H2,1H3;3-5,7,9,11H,2,6,8,10H2,1H3;1-4,12-13H. The van der Waals surface area contributed by atoms with Crippen LogP contribution < -0.4 is 16.6 Å². The van der Waals surface area contributed by atoms with Crippen LogP contribution in [0.5, 0.6) is 0 Å². The Labute approximate surface area is 462 Å². The van der Waals surface area contributed by atoms with Gasteiger partial charge in [-0.15, -0.1) is 0 Å². The van der Waals surface area contributed by atoms with Gasteiger partial charge in [0.1, 0.15) is 5.82 Å². The third-order valence-electron chi connectivity index (χ3n) is 12.6. The fourth-order valence-electron chi connectivity index (χ4n) is 8.62. The number of hydrogen-bond donors (Lipinski definition) is 2. The lowest BCUT2D eigenvalue weighted by Crippen LogP contribution is -2.29. The summed E-state index contributed by atoms with van der Waals surface area (Å²) in [6.07, 6.45) is -9.49. The molecule has 0 saturated carbocycles. The molecular formula is C54H44BClF12N10O4. The lowest BCUT2D eigenvalue weighted by Gasteiger charge is -2.14. The predicted octanol–water partition coefficient (Wildman–Crippen LogP) is 10.9. The molecule has 0 saturated heterocycles. The fourth-order valence-corrected chi connectivity index (χ4v) is 8.86. The highest BCUT2D eigenvalue weighted by Crippen LogP contribution is 2.35. The van der Waals surface area contributed by atoms with Crippen LogP contribution >= 0.6 is 11.6 Å². The highest BCUT2D eigenvalue weighted by Gasteiger charge is 2.34. The maximum Gasteiger partial charge on any atom is 0.488 e. The van der Waals surface area contributed by atoms with E-state index < -0.39 is 54.1 Å².